The first-order valence-electron chi connectivity index (χ1n) is 9.30. The molecule has 0 saturated carbocycles. The monoisotopic (exact) mass is 535 g/mol. The first kappa shape index (κ1) is 23.7. The minimum Gasteiger partial charge on any atom is -0.383 e. The van der Waals surface area contributed by atoms with Gasteiger partial charge >= 0.3 is 6.03 Å². The summed E-state index contributed by atoms with van der Waals surface area (Å²) >= 11 is 1.57. The maximum absolute atomic E-state index is 12.0. The van der Waals surface area contributed by atoms with Gasteiger partial charge in [-0.15, -0.1) is 35.3 Å². The number of rotatable bonds is 7. The lowest BCUT2D eigenvalue weighted by atomic mass is 10.1. The Morgan fingerprint density at radius 2 is 1.77 bits per heavy atom. The second-order valence-electron chi connectivity index (χ2n) is 6.71. The molecule has 0 aliphatic heterocycles. The number of nitrogens with zero attached hydrogens (tertiary/aromatic N) is 2. The molecule has 2 amide bonds. The van der Waals surface area contributed by atoms with E-state index in [-0.39, 0.29) is 30.0 Å². The van der Waals surface area contributed by atoms with Gasteiger partial charge in [-0.25, -0.2) is 9.79 Å². The van der Waals surface area contributed by atoms with Crippen molar-refractivity contribution in [3.05, 3.63) is 76.5 Å². The average Bonchev–Trinajstić information content (AvgIpc) is 3.25. The first-order valence-corrected chi connectivity index (χ1v) is 10.2. The highest BCUT2D eigenvalue weighted by Gasteiger charge is 2.03. The molecule has 0 unspecified atom stereocenters. The van der Waals surface area contributed by atoms with E-state index < -0.39 is 0 Å². The number of nitrogens with one attached hydrogen (secondary N) is 2. The van der Waals surface area contributed by atoms with E-state index in [0.717, 1.165) is 33.9 Å². The van der Waals surface area contributed by atoms with Crippen molar-refractivity contribution in [2.24, 2.45) is 10.7 Å². The minimum atomic E-state index is -0.215. The third kappa shape index (κ3) is 7.03. The molecule has 3 rings (SSSR count). The molecule has 0 radical (unpaired) electrons. The fourth-order valence-electron chi connectivity index (χ4n) is 2.69. The molecule has 1 heterocycles. The second kappa shape index (κ2) is 11.6. The van der Waals surface area contributed by atoms with Crippen molar-refractivity contribution in [3.63, 3.8) is 0 Å². The zero-order valence-electron chi connectivity index (χ0n) is 17.0. The maximum Gasteiger partial charge on any atom is 0.319 e. The van der Waals surface area contributed by atoms with Gasteiger partial charge < -0.3 is 21.3 Å². The van der Waals surface area contributed by atoms with E-state index in [4.69, 9.17) is 5.73 Å². The summed E-state index contributed by atoms with van der Waals surface area (Å²) in [6, 6.07) is 19.2. The highest BCUT2D eigenvalue weighted by molar-refractivity contribution is 14.0. The Morgan fingerprint density at radius 1 is 1.07 bits per heavy atom. The normalized spacial score (nSPS) is 10.8. The van der Waals surface area contributed by atoms with E-state index in [2.05, 4.69) is 15.6 Å². The number of hydrogen-bond acceptors (Lipinski definition) is 4. The zero-order valence-corrected chi connectivity index (χ0v) is 20.1. The van der Waals surface area contributed by atoms with Crippen LogP contribution in [0.2, 0.25) is 0 Å². The number of amides is 2. The van der Waals surface area contributed by atoms with Crippen molar-refractivity contribution in [1.82, 2.24) is 5.32 Å². The van der Waals surface area contributed by atoms with Crippen LogP contribution in [0.4, 0.5) is 21.9 Å². The van der Waals surface area contributed by atoms with E-state index in [1.54, 1.807) is 11.3 Å². The van der Waals surface area contributed by atoms with Gasteiger partial charge in [0.1, 0.15) is 5.84 Å². The smallest absolute Gasteiger partial charge is 0.319 e. The number of carbonyl (C=O) groups is 1. The highest BCUT2D eigenvalue weighted by Crippen LogP contribution is 2.17. The summed E-state index contributed by atoms with van der Waals surface area (Å²) in [5.74, 6) is 0.518. The second-order valence-corrected chi connectivity index (χ2v) is 7.66. The third-order valence-corrected chi connectivity index (χ3v) is 5.19. The van der Waals surface area contributed by atoms with Crippen LogP contribution >= 0.6 is 35.3 Å². The van der Waals surface area contributed by atoms with Crippen molar-refractivity contribution in [2.45, 2.75) is 6.42 Å². The number of benzene rings is 2. The minimum absolute atomic E-state index is 0. The van der Waals surface area contributed by atoms with Crippen molar-refractivity contribution in [2.75, 3.05) is 30.9 Å². The Hall–Kier alpha value is -2.59. The van der Waals surface area contributed by atoms with Crippen molar-refractivity contribution < 1.29 is 4.79 Å². The van der Waals surface area contributed by atoms with E-state index in [0.29, 0.717) is 12.4 Å². The summed E-state index contributed by atoms with van der Waals surface area (Å²) in [4.78, 5) is 19.5. The summed E-state index contributed by atoms with van der Waals surface area (Å²) in [5.41, 5.74) is 9.79. The molecule has 1 aromatic heterocycles. The molecular weight excluding hydrogens is 509 g/mol. The van der Waals surface area contributed by atoms with Gasteiger partial charge in [0.2, 0.25) is 0 Å². The SMILES string of the molecule is CN(C)c1ccc(NC(=O)NCCc2ccc(N=C(N)c3cccs3)cc2)cc1.I. The molecule has 8 heteroatoms. The van der Waals surface area contributed by atoms with Gasteiger partial charge in [-0.3, -0.25) is 0 Å². The van der Waals surface area contributed by atoms with E-state index >= 15 is 0 Å². The summed E-state index contributed by atoms with van der Waals surface area (Å²) in [5, 5.41) is 7.69. The van der Waals surface area contributed by atoms with Crippen LogP contribution in [0.25, 0.3) is 0 Å². The van der Waals surface area contributed by atoms with Crippen LogP contribution in [-0.2, 0) is 6.42 Å². The molecule has 3 aromatic rings. The van der Waals surface area contributed by atoms with Crippen LogP contribution < -0.4 is 21.3 Å². The van der Waals surface area contributed by atoms with Gasteiger partial charge in [-0.05, 0) is 59.8 Å². The van der Waals surface area contributed by atoms with Crippen LogP contribution in [0.3, 0.4) is 0 Å². The predicted molar refractivity (Wildman–Crippen MR) is 138 cm³/mol. The highest BCUT2D eigenvalue weighted by atomic mass is 127. The van der Waals surface area contributed by atoms with E-state index in [9.17, 15) is 4.79 Å². The van der Waals surface area contributed by atoms with Crippen LogP contribution in [0.1, 0.15) is 10.4 Å². The van der Waals surface area contributed by atoms with Crippen LogP contribution in [-0.4, -0.2) is 32.5 Å². The van der Waals surface area contributed by atoms with Crippen LogP contribution in [0.15, 0.2) is 71.0 Å². The Labute approximate surface area is 198 Å². The molecule has 0 atom stereocenters. The number of hydrogen-bond donors (Lipinski definition) is 3. The van der Waals surface area contributed by atoms with Gasteiger partial charge in [0.15, 0.2) is 0 Å². The summed E-state index contributed by atoms with van der Waals surface area (Å²) in [6.45, 7) is 0.543. The standard InChI is InChI=1S/C22H25N5OS.HI/c1-27(2)19-11-9-18(10-12-19)26-22(28)24-14-13-16-5-7-17(8-6-16)25-21(23)20-4-3-15-29-20;/h3-12,15H,13-14H2,1-2H3,(H2,23,25)(H2,24,26,28);1H. The van der Waals surface area contributed by atoms with Crippen molar-refractivity contribution in [1.29, 1.82) is 0 Å². The molecule has 0 bridgehead atoms. The lowest BCUT2D eigenvalue weighted by Gasteiger charge is -2.13. The molecule has 158 valence electrons. The fourth-order valence-corrected chi connectivity index (χ4v) is 3.32. The topological polar surface area (TPSA) is 82.8 Å². The van der Waals surface area contributed by atoms with Crippen LogP contribution in [0.5, 0.6) is 0 Å². The number of carbonyl (C=O) groups excluding carboxylic acids is 1. The number of amidine groups is 1. The molecule has 0 aliphatic rings. The summed E-state index contributed by atoms with van der Waals surface area (Å²) < 4.78 is 0. The lowest BCUT2D eigenvalue weighted by molar-refractivity contribution is 0.252. The largest absolute Gasteiger partial charge is 0.383 e. The lowest BCUT2D eigenvalue weighted by Crippen LogP contribution is -2.30. The van der Waals surface area contributed by atoms with Gasteiger partial charge in [0.05, 0.1) is 10.6 Å². The Kier molecular flexibility index (Phi) is 9.13. The summed E-state index contributed by atoms with van der Waals surface area (Å²) in [6.07, 6.45) is 0.734. The number of halogens is 1. The van der Waals surface area contributed by atoms with E-state index in [1.165, 1.54) is 0 Å². The van der Waals surface area contributed by atoms with Gasteiger partial charge in [-0.1, -0.05) is 18.2 Å². The van der Waals surface area contributed by atoms with Gasteiger partial charge in [-0.2, -0.15) is 0 Å². The van der Waals surface area contributed by atoms with Crippen LogP contribution in [0, 0.1) is 0 Å². The van der Waals surface area contributed by atoms with Crippen molar-refractivity contribution in [3.8, 4) is 0 Å². The predicted octanol–water partition coefficient (Wildman–Crippen LogP) is 4.83. The van der Waals surface area contributed by atoms with Gasteiger partial charge in [0.25, 0.3) is 0 Å². The van der Waals surface area contributed by atoms with E-state index in [1.807, 2.05) is 85.0 Å². The molecule has 6 nitrogen and oxygen atoms in total. The molecule has 4 N–H and O–H groups in total. The number of anilines is 2. The zero-order chi connectivity index (χ0) is 20.6. The fraction of sp³-hybridized carbons (Fsp3) is 0.182. The average molecular weight is 535 g/mol. The third-order valence-electron chi connectivity index (χ3n) is 4.30. The van der Waals surface area contributed by atoms with Crippen molar-refractivity contribution >= 4 is 64.2 Å². The number of aliphatic imine (C=N–C) groups is 1. The quantitative estimate of drug-likeness (QED) is 0.230. The molecule has 0 spiro atoms. The molecule has 0 fully saturated rings. The molecule has 0 aliphatic carbocycles. The Balaban J connectivity index is 0.00000320. The Morgan fingerprint density at radius 3 is 2.37 bits per heavy atom. The Bertz CT molecular complexity index is 954. The number of nitrogens with two attached hydrogens (primary N) is 1. The number of thiophene rings is 1. The molecule has 2 aromatic carbocycles. The maximum atomic E-state index is 12.0. The molecule has 30 heavy (non-hydrogen) atoms. The first-order chi connectivity index (χ1) is 14.0. The molecular formula is C22H26IN5OS. The molecule has 0 saturated heterocycles. The van der Waals surface area contributed by atoms with Gasteiger partial charge in [0, 0.05) is 32.0 Å². The summed E-state index contributed by atoms with van der Waals surface area (Å²) in [7, 11) is 3.96. The number of urea groups is 1.